The normalized spacial score (nSPS) is 11.8. The summed E-state index contributed by atoms with van der Waals surface area (Å²) in [6.07, 6.45) is 2.15. The highest BCUT2D eigenvalue weighted by Crippen LogP contribution is 2.15. The molecule has 1 rings (SSSR count). The number of pyridine rings is 1. The summed E-state index contributed by atoms with van der Waals surface area (Å²) in [5.41, 5.74) is 6.32. The van der Waals surface area contributed by atoms with Crippen molar-refractivity contribution in [1.29, 1.82) is 5.26 Å². The summed E-state index contributed by atoms with van der Waals surface area (Å²) < 4.78 is 0. The fraction of sp³-hybridized carbons (Fsp3) is 0.400. The molecule has 74 valence electrons. The van der Waals surface area contributed by atoms with Crippen molar-refractivity contribution in [3.63, 3.8) is 0 Å². The molecule has 0 aliphatic heterocycles. The molecule has 0 saturated carbocycles. The number of aromatic nitrogens is 1. The van der Waals surface area contributed by atoms with Crippen LogP contribution in [-0.2, 0) is 0 Å². The van der Waals surface area contributed by atoms with Crippen LogP contribution in [0.5, 0.6) is 0 Å². The summed E-state index contributed by atoms with van der Waals surface area (Å²) in [6.45, 7) is 1.98. The van der Waals surface area contributed by atoms with Gasteiger partial charge in [-0.15, -0.1) is 0 Å². The Kier molecular flexibility index (Phi) is 3.29. The number of hydrogen-bond donors (Lipinski definition) is 1. The first-order valence-corrected chi connectivity index (χ1v) is 4.46. The quantitative estimate of drug-likeness (QED) is 0.782. The maximum Gasteiger partial charge on any atom is 0.130 e. The lowest BCUT2D eigenvalue weighted by molar-refractivity contribution is 0.694. The van der Waals surface area contributed by atoms with Gasteiger partial charge in [0.15, 0.2) is 0 Å². The molecule has 1 heterocycles. The molecule has 1 atom stereocenters. The van der Waals surface area contributed by atoms with Gasteiger partial charge < -0.3 is 10.6 Å². The standard InChI is InChI=1S/C10H14N4/c1-8(3-5-11)14(2)10-7-9(12)4-6-13-10/h4,6-8H,3H2,1-2H3,(H2,12,13). The molecule has 0 radical (unpaired) electrons. The molecule has 1 unspecified atom stereocenters. The molecule has 4 heteroatoms. The van der Waals surface area contributed by atoms with Crippen LogP contribution in [0.1, 0.15) is 13.3 Å². The van der Waals surface area contributed by atoms with Crippen LogP contribution in [-0.4, -0.2) is 18.1 Å². The van der Waals surface area contributed by atoms with E-state index in [-0.39, 0.29) is 6.04 Å². The van der Waals surface area contributed by atoms with Gasteiger partial charge in [0.05, 0.1) is 12.5 Å². The minimum Gasteiger partial charge on any atom is -0.399 e. The van der Waals surface area contributed by atoms with Crippen LogP contribution in [0.15, 0.2) is 18.3 Å². The number of hydrogen-bond acceptors (Lipinski definition) is 4. The summed E-state index contributed by atoms with van der Waals surface area (Å²) >= 11 is 0. The van der Waals surface area contributed by atoms with Gasteiger partial charge in [-0.2, -0.15) is 5.26 Å². The predicted molar refractivity (Wildman–Crippen MR) is 56.7 cm³/mol. The van der Waals surface area contributed by atoms with Crippen LogP contribution in [0.4, 0.5) is 11.5 Å². The Morgan fingerprint density at radius 3 is 3.00 bits per heavy atom. The van der Waals surface area contributed by atoms with Gasteiger partial charge in [0.1, 0.15) is 5.82 Å². The van der Waals surface area contributed by atoms with Crippen LogP contribution in [0.25, 0.3) is 0 Å². The smallest absolute Gasteiger partial charge is 0.130 e. The highest BCUT2D eigenvalue weighted by Gasteiger charge is 2.10. The first-order valence-electron chi connectivity index (χ1n) is 4.46. The molecule has 0 aromatic carbocycles. The molecule has 2 N–H and O–H groups in total. The van der Waals surface area contributed by atoms with E-state index in [1.165, 1.54) is 0 Å². The number of anilines is 2. The fourth-order valence-corrected chi connectivity index (χ4v) is 1.12. The van der Waals surface area contributed by atoms with Crippen molar-refractivity contribution in [2.45, 2.75) is 19.4 Å². The average molecular weight is 190 g/mol. The van der Waals surface area contributed by atoms with E-state index in [2.05, 4.69) is 11.1 Å². The van der Waals surface area contributed by atoms with Crippen molar-refractivity contribution >= 4 is 11.5 Å². The monoisotopic (exact) mass is 190 g/mol. The van der Waals surface area contributed by atoms with Gasteiger partial charge in [0.25, 0.3) is 0 Å². The highest BCUT2D eigenvalue weighted by molar-refractivity contribution is 5.50. The van der Waals surface area contributed by atoms with E-state index in [0.717, 1.165) is 5.82 Å². The lowest BCUT2D eigenvalue weighted by Gasteiger charge is -2.23. The number of nitrogens with zero attached hydrogens (tertiary/aromatic N) is 3. The molecule has 0 spiro atoms. The van der Waals surface area contributed by atoms with Gasteiger partial charge in [-0.05, 0) is 13.0 Å². The van der Waals surface area contributed by atoms with Crippen molar-refractivity contribution in [3.8, 4) is 6.07 Å². The van der Waals surface area contributed by atoms with Crippen molar-refractivity contribution in [2.75, 3.05) is 17.7 Å². The molecular formula is C10H14N4. The largest absolute Gasteiger partial charge is 0.399 e. The Morgan fingerprint density at radius 1 is 1.71 bits per heavy atom. The third kappa shape index (κ3) is 2.36. The lowest BCUT2D eigenvalue weighted by Crippen LogP contribution is -2.29. The topological polar surface area (TPSA) is 65.9 Å². The maximum atomic E-state index is 8.57. The minimum atomic E-state index is 0.147. The van der Waals surface area contributed by atoms with E-state index in [9.17, 15) is 0 Å². The van der Waals surface area contributed by atoms with E-state index < -0.39 is 0 Å². The summed E-state index contributed by atoms with van der Waals surface area (Å²) in [5.74, 6) is 0.799. The third-order valence-electron chi connectivity index (χ3n) is 2.18. The fourth-order valence-electron chi connectivity index (χ4n) is 1.12. The summed E-state index contributed by atoms with van der Waals surface area (Å²) in [7, 11) is 1.91. The molecule has 0 fully saturated rings. The van der Waals surface area contributed by atoms with Crippen LogP contribution in [0.2, 0.25) is 0 Å². The van der Waals surface area contributed by atoms with Gasteiger partial charge in [-0.3, -0.25) is 0 Å². The first kappa shape index (κ1) is 10.3. The van der Waals surface area contributed by atoms with Crippen molar-refractivity contribution in [3.05, 3.63) is 18.3 Å². The summed E-state index contributed by atoms with van der Waals surface area (Å²) in [5, 5.41) is 8.57. The van der Waals surface area contributed by atoms with Gasteiger partial charge >= 0.3 is 0 Å². The van der Waals surface area contributed by atoms with Gasteiger partial charge in [0.2, 0.25) is 0 Å². The Bertz CT molecular complexity index is 342. The Labute approximate surface area is 84.0 Å². The summed E-state index contributed by atoms with van der Waals surface area (Å²) in [6, 6.07) is 5.82. The first-order chi connectivity index (χ1) is 6.65. The second-order valence-corrected chi connectivity index (χ2v) is 3.27. The van der Waals surface area contributed by atoms with Crippen LogP contribution in [0.3, 0.4) is 0 Å². The van der Waals surface area contributed by atoms with Gasteiger partial charge in [-0.25, -0.2) is 4.98 Å². The van der Waals surface area contributed by atoms with E-state index in [1.54, 1.807) is 18.3 Å². The zero-order chi connectivity index (χ0) is 10.6. The van der Waals surface area contributed by atoms with E-state index in [0.29, 0.717) is 12.1 Å². The SMILES string of the molecule is CC(CC#N)N(C)c1cc(N)ccn1. The molecule has 4 nitrogen and oxygen atoms in total. The lowest BCUT2D eigenvalue weighted by atomic mass is 10.2. The van der Waals surface area contributed by atoms with E-state index in [4.69, 9.17) is 11.0 Å². The third-order valence-corrected chi connectivity index (χ3v) is 2.18. The van der Waals surface area contributed by atoms with Crippen molar-refractivity contribution in [2.24, 2.45) is 0 Å². The number of nitrogen functional groups attached to an aromatic ring is 1. The van der Waals surface area contributed by atoms with Crippen molar-refractivity contribution < 1.29 is 0 Å². The van der Waals surface area contributed by atoms with Crippen LogP contribution in [0, 0.1) is 11.3 Å². The van der Waals surface area contributed by atoms with E-state index >= 15 is 0 Å². The molecule has 1 aromatic heterocycles. The molecule has 1 aromatic rings. The molecule has 0 aliphatic rings. The van der Waals surface area contributed by atoms with Gasteiger partial charge in [0, 0.05) is 31.0 Å². The molecule has 0 bridgehead atoms. The Morgan fingerprint density at radius 2 is 2.43 bits per heavy atom. The zero-order valence-corrected chi connectivity index (χ0v) is 8.44. The van der Waals surface area contributed by atoms with Crippen molar-refractivity contribution in [1.82, 2.24) is 4.98 Å². The molecule has 0 aliphatic carbocycles. The Balaban J connectivity index is 2.79. The minimum absolute atomic E-state index is 0.147. The number of nitriles is 1. The Hall–Kier alpha value is -1.76. The van der Waals surface area contributed by atoms with Gasteiger partial charge in [-0.1, -0.05) is 0 Å². The predicted octanol–water partition coefficient (Wildman–Crippen LogP) is 1.40. The number of rotatable bonds is 3. The van der Waals surface area contributed by atoms with Crippen LogP contribution >= 0.6 is 0 Å². The second kappa shape index (κ2) is 4.47. The average Bonchev–Trinajstić information content (AvgIpc) is 2.17. The highest BCUT2D eigenvalue weighted by atomic mass is 15.2. The number of nitrogens with two attached hydrogens (primary N) is 1. The van der Waals surface area contributed by atoms with Crippen LogP contribution < -0.4 is 10.6 Å². The zero-order valence-electron chi connectivity index (χ0n) is 8.44. The second-order valence-electron chi connectivity index (χ2n) is 3.27. The summed E-state index contributed by atoms with van der Waals surface area (Å²) in [4.78, 5) is 6.12. The maximum absolute atomic E-state index is 8.57. The molecule has 0 amide bonds. The molecular weight excluding hydrogens is 176 g/mol. The molecule has 14 heavy (non-hydrogen) atoms. The van der Waals surface area contributed by atoms with E-state index in [1.807, 2.05) is 18.9 Å². The molecule has 0 saturated heterocycles.